The van der Waals surface area contributed by atoms with E-state index in [0.29, 0.717) is 5.56 Å². The standard InChI is InChI=1S/C11H11N3O.ClH/c12-7-8-1-3-9(4-2-8)14-6-5-10(13)11(14)15;/h1-4,10H,5-6,13H2;1H/t10-;/m0./s1. The number of quaternary nitrogens is 1. The van der Waals surface area contributed by atoms with E-state index in [1.165, 1.54) is 0 Å². The quantitative estimate of drug-likeness (QED) is 0.563. The van der Waals surface area contributed by atoms with Gasteiger partial charge in [0.15, 0.2) is 6.04 Å². The van der Waals surface area contributed by atoms with Gasteiger partial charge in [-0.3, -0.25) is 4.79 Å². The van der Waals surface area contributed by atoms with Gasteiger partial charge in [-0.2, -0.15) is 5.26 Å². The number of carbonyl (C=O) groups excluding carboxylic acids is 1. The molecule has 3 N–H and O–H groups in total. The summed E-state index contributed by atoms with van der Waals surface area (Å²) in [6.45, 7) is 0.721. The molecule has 0 aromatic heterocycles. The molecule has 1 aliphatic heterocycles. The minimum absolute atomic E-state index is 0. The van der Waals surface area contributed by atoms with Crippen molar-refractivity contribution in [1.29, 1.82) is 5.26 Å². The summed E-state index contributed by atoms with van der Waals surface area (Å²) in [6, 6.07) is 8.97. The summed E-state index contributed by atoms with van der Waals surface area (Å²) in [4.78, 5) is 13.4. The first-order valence-electron chi connectivity index (χ1n) is 4.87. The smallest absolute Gasteiger partial charge is 0.285 e. The van der Waals surface area contributed by atoms with Crippen molar-refractivity contribution in [2.75, 3.05) is 11.4 Å². The van der Waals surface area contributed by atoms with Gasteiger partial charge in [0.25, 0.3) is 5.91 Å². The van der Waals surface area contributed by atoms with Gasteiger partial charge in [0.2, 0.25) is 0 Å². The molecular weight excluding hydrogens is 226 g/mol. The van der Waals surface area contributed by atoms with E-state index in [-0.39, 0.29) is 24.4 Å². The van der Waals surface area contributed by atoms with Gasteiger partial charge in [0, 0.05) is 18.7 Å². The van der Waals surface area contributed by atoms with Crippen LogP contribution in [-0.2, 0) is 4.79 Å². The zero-order chi connectivity index (χ0) is 10.8. The maximum absolute atomic E-state index is 11.7. The summed E-state index contributed by atoms with van der Waals surface area (Å²) in [5, 5.41) is 8.65. The van der Waals surface area contributed by atoms with Gasteiger partial charge >= 0.3 is 0 Å². The van der Waals surface area contributed by atoms with Crippen LogP contribution in [0.1, 0.15) is 12.0 Å². The predicted molar refractivity (Wildman–Crippen MR) is 54.8 cm³/mol. The Morgan fingerprint density at radius 3 is 2.44 bits per heavy atom. The summed E-state index contributed by atoms with van der Waals surface area (Å²) >= 11 is 0. The molecule has 1 aromatic rings. The Bertz CT molecular complexity index is 424. The lowest BCUT2D eigenvalue weighted by molar-refractivity contribution is -0.400. The lowest BCUT2D eigenvalue weighted by atomic mass is 10.2. The molecule has 1 saturated heterocycles. The van der Waals surface area contributed by atoms with E-state index in [0.717, 1.165) is 18.7 Å². The van der Waals surface area contributed by atoms with Crippen LogP contribution in [0.25, 0.3) is 0 Å². The maximum atomic E-state index is 11.7. The van der Waals surface area contributed by atoms with E-state index in [9.17, 15) is 4.79 Å². The fourth-order valence-electron chi connectivity index (χ4n) is 1.71. The topological polar surface area (TPSA) is 71.7 Å². The number of halogens is 1. The van der Waals surface area contributed by atoms with Crippen molar-refractivity contribution in [2.45, 2.75) is 12.5 Å². The van der Waals surface area contributed by atoms with Crippen LogP contribution in [-0.4, -0.2) is 18.5 Å². The molecule has 4 nitrogen and oxygen atoms in total. The Morgan fingerprint density at radius 1 is 1.38 bits per heavy atom. The normalized spacial score (nSPS) is 19.1. The molecule has 16 heavy (non-hydrogen) atoms. The Balaban J connectivity index is 0.00000128. The molecule has 1 heterocycles. The summed E-state index contributed by atoms with van der Waals surface area (Å²) < 4.78 is 0. The lowest BCUT2D eigenvalue weighted by Gasteiger charge is -2.14. The van der Waals surface area contributed by atoms with Crippen molar-refractivity contribution in [3.05, 3.63) is 29.8 Å². The number of nitriles is 1. The third-order valence-corrected chi connectivity index (χ3v) is 2.62. The average molecular weight is 238 g/mol. The molecule has 1 atom stereocenters. The van der Waals surface area contributed by atoms with Crippen molar-refractivity contribution in [2.24, 2.45) is 0 Å². The maximum Gasteiger partial charge on any atom is 0.285 e. The van der Waals surface area contributed by atoms with Crippen molar-refractivity contribution in [3.63, 3.8) is 0 Å². The van der Waals surface area contributed by atoms with Crippen molar-refractivity contribution in [3.8, 4) is 6.07 Å². The second-order valence-electron chi connectivity index (χ2n) is 3.63. The van der Waals surface area contributed by atoms with Crippen LogP contribution < -0.4 is 23.0 Å². The van der Waals surface area contributed by atoms with Crippen LogP contribution in [0, 0.1) is 11.3 Å². The molecule has 0 radical (unpaired) electrons. The van der Waals surface area contributed by atoms with E-state index in [1.54, 1.807) is 29.2 Å². The van der Waals surface area contributed by atoms with Crippen LogP contribution in [0.3, 0.4) is 0 Å². The third kappa shape index (κ3) is 2.16. The van der Waals surface area contributed by atoms with Gasteiger partial charge < -0.3 is 23.0 Å². The third-order valence-electron chi connectivity index (χ3n) is 2.62. The second kappa shape index (κ2) is 4.97. The molecule has 84 valence electrons. The molecule has 1 amide bonds. The second-order valence-corrected chi connectivity index (χ2v) is 3.63. The van der Waals surface area contributed by atoms with Crippen LogP contribution in [0.4, 0.5) is 5.69 Å². The highest BCUT2D eigenvalue weighted by Crippen LogP contribution is 2.20. The molecule has 1 fully saturated rings. The molecule has 0 unspecified atom stereocenters. The number of nitrogens with zero attached hydrogens (tertiary/aromatic N) is 2. The van der Waals surface area contributed by atoms with Crippen molar-refractivity contribution >= 4 is 11.6 Å². The first-order chi connectivity index (χ1) is 7.22. The molecular formula is C11H12ClN3O. The van der Waals surface area contributed by atoms with Crippen LogP contribution >= 0.6 is 0 Å². The highest BCUT2D eigenvalue weighted by atomic mass is 35.5. The Labute approximate surface area is 100 Å². The molecule has 0 saturated carbocycles. The highest BCUT2D eigenvalue weighted by Gasteiger charge is 2.32. The van der Waals surface area contributed by atoms with Gasteiger partial charge in [0.1, 0.15) is 0 Å². The summed E-state index contributed by atoms with van der Waals surface area (Å²) in [6.07, 6.45) is 0.804. The molecule has 0 bridgehead atoms. The van der Waals surface area contributed by atoms with Gasteiger partial charge in [-0.15, -0.1) is 0 Å². The van der Waals surface area contributed by atoms with E-state index in [2.05, 4.69) is 5.73 Å². The van der Waals surface area contributed by atoms with Crippen LogP contribution in [0.2, 0.25) is 0 Å². The van der Waals surface area contributed by atoms with E-state index in [1.807, 2.05) is 6.07 Å². The molecule has 1 aromatic carbocycles. The number of amides is 1. The number of hydrogen-bond acceptors (Lipinski definition) is 2. The monoisotopic (exact) mass is 237 g/mol. The number of carbonyl (C=O) groups is 1. The van der Waals surface area contributed by atoms with Crippen molar-refractivity contribution in [1.82, 2.24) is 0 Å². The van der Waals surface area contributed by atoms with E-state index < -0.39 is 0 Å². The average Bonchev–Trinajstić information content (AvgIpc) is 2.60. The van der Waals surface area contributed by atoms with E-state index >= 15 is 0 Å². The zero-order valence-corrected chi connectivity index (χ0v) is 9.44. The Hall–Kier alpha value is -1.57. The van der Waals surface area contributed by atoms with Gasteiger partial charge in [-0.05, 0) is 24.3 Å². The highest BCUT2D eigenvalue weighted by molar-refractivity contribution is 5.98. The van der Waals surface area contributed by atoms with Crippen LogP contribution in [0.5, 0.6) is 0 Å². The van der Waals surface area contributed by atoms with Gasteiger partial charge in [-0.1, -0.05) is 0 Å². The minimum atomic E-state index is -0.124. The summed E-state index contributed by atoms with van der Waals surface area (Å²) in [7, 11) is 0. The molecule has 2 rings (SSSR count). The molecule has 0 spiro atoms. The first-order valence-corrected chi connectivity index (χ1v) is 4.87. The number of rotatable bonds is 1. The largest absolute Gasteiger partial charge is 1.00 e. The number of anilines is 1. The predicted octanol–water partition coefficient (Wildman–Crippen LogP) is -3.09. The fourth-order valence-corrected chi connectivity index (χ4v) is 1.71. The number of benzene rings is 1. The molecule has 5 heteroatoms. The van der Waals surface area contributed by atoms with Crippen molar-refractivity contribution < 1.29 is 22.9 Å². The Kier molecular flexibility index (Phi) is 3.88. The minimum Gasteiger partial charge on any atom is -1.00 e. The lowest BCUT2D eigenvalue weighted by Crippen LogP contribution is -3.00. The van der Waals surface area contributed by atoms with E-state index in [4.69, 9.17) is 5.26 Å². The van der Waals surface area contributed by atoms with Crippen LogP contribution in [0.15, 0.2) is 24.3 Å². The number of hydrogen-bond donors (Lipinski definition) is 1. The SMILES string of the molecule is N#Cc1ccc(N2CC[C@H]([NH3+])C2=O)cc1.[Cl-]. The zero-order valence-electron chi connectivity index (χ0n) is 8.69. The summed E-state index contributed by atoms with van der Waals surface area (Å²) in [5.74, 6) is 0.0692. The molecule has 0 aliphatic carbocycles. The first kappa shape index (κ1) is 12.5. The molecule has 1 aliphatic rings. The Morgan fingerprint density at radius 2 is 2.00 bits per heavy atom. The fraction of sp³-hybridized carbons (Fsp3) is 0.273. The van der Waals surface area contributed by atoms with Gasteiger partial charge in [0.05, 0.1) is 11.6 Å². The summed E-state index contributed by atoms with van der Waals surface area (Å²) in [5.41, 5.74) is 5.24. The van der Waals surface area contributed by atoms with Gasteiger partial charge in [-0.25, -0.2) is 0 Å².